The Balaban J connectivity index is 1.99. The summed E-state index contributed by atoms with van der Waals surface area (Å²) in [7, 11) is 0. The number of thioether (sulfide) groups is 1. The van der Waals surface area contributed by atoms with Gasteiger partial charge in [-0.15, -0.1) is 11.8 Å². The molecule has 78 valence electrons. The molecule has 0 spiro atoms. The molecule has 0 radical (unpaired) electrons. The van der Waals surface area contributed by atoms with Crippen molar-refractivity contribution in [3.05, 3.63) is 30.3 Å². The fourth-order valence-electron chi connectivity index (χ4n) is 1.16. The van der Waals surface area contributed by atoms with Gasteiger partial charge in [0.05, 0.1) is 0 Å². The Morgan fingerprint density at radius 2 is 1.93 bits per heavy atom. The first-order chi connectivity index (χ1) is 6.93. The lowest BCUT2D eigenvalue weighted by molar-refractivity contribution is 0.144. The van der Waals surface area contributed by atoms with Crippen LogP contribution in [0.4, 0.5) is 0 Å². The van der Waals surface area contributed by atoms with Crippen molar-refractivity contribution in [2.45, 2.75) is 24.7 Å². The maximum atomic E-state index is 5.28. The molecule has 1 aromatic rings. The minimum atomic E-state index is 0.839. The molecule has 0 saturated heterocycles. The van der Waals surface area contributed by atoms with Gasteiger partial charge in [0.25, 0.3) is 0 Å². The molecule has 0 unspecified atom stereocenters. The highest BCUT2D eigenvalue weighted by Crippen LogP contribution is 2.18. The van der Waals surface area contributed by atoms with E-state index in [1.54, 1.807) is 0 Å². The van der Waals surface area contributed by atoms with Crippen LogP contribution in [0.2, 0.25) is 0 Å². The lowest BCUT2D eigenvalue weighted by Crippen LogP contribution is -1.93. The second-order valence-electron chi connectivity index (χ2n) is 3.07. The van der Waals surface area contributed by atoms with E-state index in [2.05, 4.69) is 30.3 Å². The molecule has 2 heteroatoms. The van der Waals surface area contributed by atoms with Gasteiger partial charge in [-0.05, 0) is 37.7 Å². The van der Waals surface area contributed by atoms with Crippen LogP contribution in [-0.2, 0) is 4.74 Å². The van der Waals surface area contributed by atoms with Crippen molar-refractivity contribution in [1.82, 2.24) is 0 Å². The van der Waals surface area contributed by atoms with Gasteiger partial charge in [0.1, 0.15) is 0 Å². The Labute approximate surface area is 90.9 Å². The van der Waals surface area contributed by atoms with Crippen molar-refractivity contribution >= 4 is 11.8 Å². The van der Waals surface area contributed by atoms with Crippen molar-refractivity contribution < 1.29 is 4.74 Å². The molecule has 0 aliphatic heterocycles. The lowest BCUT2D eigenvalue weighted by Gasteiger charge is -2.01. The minimum Gasteiger partial charge on any atom is -0.382 e. The van der Waals surface area contributed by atoms with E-state index >= 15 is 0 Å². The third kappa shape index (κ3) is 5.30. The Morgan fingerprint density at radius 3 is 2.64 bits per heavy atom. The summed E-state index contributed by atoms with van der Waals surface area (Å²) in [5.74, 6) is 1.19. The number of ether oxygens (including phenoxy) is 1. The summed E-state index contributed by atoms with van der Waals surface area (Å²) in [6.07, 6.45) is 2.41. The van der Waals surface area contributed by atoms with Crippen LogP contribution in [-0.4, -0.2) is 19.0 Å². The van der Waals surface area contributed by atoms with Crippen molar-refractivity contribution in [3.8, 4) is 0 Å². The van der Waals surface area contributed by atoms with Gasteiger partial charge in [0.2, 0.25) is 0 Å². The average molecular weight is 210 g/mol. The Bertz CT molecular complexity index is 223. The largest absolute Gasteiger partial charge is 0.382 e. The summed E-state index contributed by atoms with van der Waals surface area (Å²) in [4.78, 5) is 1.36. The molecule has 14 heavy (non-hydrogen) atoms. The van der Waals surface area contributed by atoms with E-state index in [1.807, 2.05) is 18.7 Å². The molecule has 1 aromatic carbocycles. The maximum absolute atomic E-state index is 5.28. The second kappa shape index (κ2) is 7.89. The molecule has 1 rings (SSSR count). The lowest BCUT2D eigenvalue weighted by atomic mass is 10.4. The topological polar surface area (TPSA) is 9.23 Å². The first-order valence-electron chi connectivity index (χ1n) is 5.19. The summed E-state index contributed by atoms with van der Waals surface area (Å²) in [6.45, 7) is 3.79. The molecule has 0 saturated carbocycles. The van der Waals surface area contributed by atoms with Crippen molar-refractivity contribution in [2.24, 2.45) is 0 Å². The molecule has 0 aromatic heterocycles. The van der Waals surface area contributed by atoms with E-state index in [0.717, 1.165) is 13.2 Å². The van der Waals surface area contributed by atoms with E-state index in [-0.39, 0.29) is 0 Å². The molecular weight excluding hydrogens is 192 g/mol. The molecule has 0 aliphatic rings. The zero-order valence-corrected chi connectivity index (χ0v) is 9.56. The molecule has 0 heterocycles. The van der Waals surface area contributed by atoms with E-state index in [9.17, 15) is 0 Å². The number of unbranched alkanes of at least 4 members (excludes halogenated alkanes) is 1. The molecule has 0 fully saturated rings. The van der Waals surface area contributed by atoms with E-state index in [4.69, 9.17) is 4.74 Å². The highest BCUT2D eigenvalue weighted by Gasteiger charge is 1.92. The van der Waals surface area contributed by atoms with Crippen LogP contribution < -0.4 is 0 Å². The fourth-order valence-corrected chi connectivity index (χ4v) is 2.09. The second-order valence-corrected chi connectivity index (χ2v) is 4.23. The molecular formula is C12H18OS. The minimum absolute atomic E-state index is 0.839. The maximum Gasteiger partial charge on any atom is 0.0466 e. The molecule has 0 atom stereocenters. The molecule has 0 bridgehead atoms. The average Bonchev–Trinajstić information content (AvgIpc) is 2.25. The summed E-state index contributed by atoms with van der Waals surface area (Å²) in [5.41, 5.74) is 0. The first-order valence-corrected chi connectivity index (χ1v) is 6.17. The fraction of sp³-hybridized carbons (Fsp3) is 0.500. The normalized spacial score (nSPS) is 10.4. The third-order valence-corrected chi connectivity index (χ3v) is 3.00. The zero-order chi connectivity index (χ0) is 10.1. The zero-order valence-electron chi connectivity index (χ0n) is 8.74. The van der Waals surface area contributed by atoms with E-state index in [0.29, 0.717) is 0 Å². The van der Waals surface area contributed by atoms with Gasteiger partial charge in [-0.1, -0.05) is 18.2 Å². The van der Waals surface area contributed by atoms with Crippen LogP contribution in [0.1, 0.15) is 19.8 Å². The first kappa shape index (κ1) is 11.6. The van der Waals surface area contributed by atoms with Crippen LogP contribution in [0.3, 0.4) is 0 Å². The summed E-state index contributed by atoms with van der Waals surface area (Å²) >= 11 is 1.92. The van der Waals surface area contributed by atoms with Gasteiger partial charge in [-0.3, -0.25) is 0 Å². The van der Waals surface area contributed by atoms with E-state index < -0.39 is 0 Å². The number of hydrogen-bond donors (Lipinski definition) is 0. The summed E-state index contributed by atoms with van der Waals surface area (Å²) < 4.78 is 5.28. The Hall–Kier alpha value is -0.470. The summed E-state index contributed by atoms with van der Waals surface area (Å²) in [6, 6.07) is 10.5. The Morgan fingerprint density at radius 1 is 1.14 bits per heavy atom. The summed E-state index contributed by atoms with van der Waals surface area (Å²) in [5, 5.41) is 0. The molecule has 1 nitrogen and oxygen atoms in total. The van der Waals surface area contributed by atoms with Gasteiger partial charge < -0.3 is 4.74 Å². The van der Waals surface area contributed by atoms with Gasteiger partial charge in [-0.2, -0.15) is 0 Å². The van der Waals surface area contributed by atoms with Crippen LogP contribution >= 0.6 is 11.8 Å². The molecule has 0 amide bonds. The van der Waals surface area contributed by atoms with Crippen LogP contribution in [0.5, 0.6) is 0 Å². The smallest absolute Gasteiger partial charge is 0.0466 e. The highest BCUT2D eigenvalue weighted by atomic mass is 32.2. The third-order valence-electron chi connectivity index (χ3n) is 1.90. The predicted octanol–water partition coefficient (Wildman–Crippen LogP) is 3.60. The molecule has 0 N–H and O–H groups in total. The van der Waals surface area contributed by atoms with E-state index in [1.165, 1.54) is 23.5 Å². The van der Waals surface area contributed by atoms with Crippen molar-refractivity contribution in [3.63, 3.8) is 0 Å². The monoisotopic (exact) mass is 210 g/mol. The molecule has 0 aliphatic carbocycles. The standard InChI is InChI=1S/C12H18OS/c1-2-13-10-6-7-11-14-12-8-4-3-5-9-12/h3-5,8-9H,2,6-7,10-11H2,1H3. The van der Waals surface area contributed by atoms with Gasteiger partial charge in [-0.25, -0.2) is 0 Å². The quantitative estimate of drug-likeness (QED) is 0.502. The van der Waals surface area contributed by atoms with Crippen LogP contribution in [0.25, 0.3) is 0 Å². The Kier molecular flexibility index (Phi) is 6.54. The SMILES string of the molecule is CCOCCCCSc1ccccc1. The van der Waals surface area contributed by atoms with Gasteiger partial charge in [0, 0.05) is 18.1 Å². The number of hydrogen-bond acceptors (Lipinski definition) is 2. The highest BCUT2D eigenvalue weighted by molar-refractivity contribution is 7.99. The van der Waals surface area contributed by atoms with Gasteiger partial charge in [0.15, 0.2) is 0 Å². The number of rotatable bonds is 7. The van der Waals surface area contributed by atoms with Crippen molar-refractivity contribution in [2.75, 3.05) is 19.0 Å². The van der Waals surface area contributed by atoms with Crippen molar-refractivity contribution in [1.29, 1.82) is 0 Å². The number of benzene rings is 1. The van der Waals surface area contributed by atoms with Crippen LogP contribution in [0, 0.1) is 0 Å². The predicted molar refractivity (Wildman–Crippen MR) is 62.9 cm³/mol. The van der Waals surface area contributed by atoms with Crippen LogP contribution in [0.15, 0.2) is 35.2 Å². The van der Waals surface area contributed by atoms with Gasteiger partial charge >= 0.3 is 0 Å².